The van der Waals surface area contributed by atoms with E-state index in [9.17, 15) is 63.9 Å². The Morgan fingerprint density at radius 2 is 1.19 bits per heavy atom. The topological polar surface area (TPSA) is 391 Å². The van der Waals surface area contributed by atoms with Crippen LogP contribution in [0.25, 0.3) is 0 Å². The van der Waals surface area contributed by atoms with Crippen LogP contribution < -0.4 is 43.4 Å². The van der Waals surface area contributed by atoms with Gasteiger partial charge in [0, 0.05) is 18.3 Å². The number of carboxylic acid groups (broad SMARTS) is 1. The molecule has 1 heterocycles. The van der Waals surface area contributed by atoms with Crippen molar-refractivity contribution in [2.75, 3.05) is 13.2 Å². The Balaban J connectivity index is 2.20. The highest BCUT2D eigenvalue weighted by atomic mass is 16.4. The van der Waals surface area contributed by atoms with Gasteiger partial charge in [0.2, 0.25) is 41.4 Å². The zero-order valence-corrected chi connectivity index (χ0v) is 32.0. The molecular formula is C35H52N10O13. The highest BCUT2D eigenvalue weighted by Gasteiger charge is 2.35. The zero-order chi connectivity index (χ0) is 43.7. The number of carboxylic acids is 1. The third-order valence-electron chi connectivity index (χ3n) is 8.40. The number of benzene rings is 1. The molecule has 2 rings (SSSR count). The fourth-order valence-corrected chi connectivity index (χ4v) is 5.32. The Kier molecular flexibility index (Phi) is 19.2. The SMILES string of the molecule is CC(C)C[C@H](NC(=O)[C@H](CC(N)=O)NC(=O)[C@H](CO)NC(=O)[C@H](CO)NC(=O)[C@@H](N)Cc1ccc(O)cc1)C(=O)N[C@@H](Cc1cnc[nH]1)C(=O)N[C@H](C(=O)O)[C@@H](C)O. The fourth-order valence-electron chi connectivity index (χ4n) is 5.32. The smallest absolute Gasteiger partial charge is 0.328 e. The number of primary amides is 1. The lowest BCUT2D eigenvalue weighted by molar-refractivity contribution is -0.145. The minimum absolute atomic E-state index is 0.00513. The molecule has 0 aliphatic carbocycles. The molecule has 0 spiro atoms. The van der Waals surface area contributed by atoms with Gasteiger partial charge in [-0.3, -0.25) is 33.6 Å². The number of aromatic nitrogens is 2. The molecular weight excluding hydrogens is 768 g/mol. The van der Waals surface area contributed by atoms with Gasteiger partial charge >= 0.3 is 5.97 Å². The molecule has 23 nitrogen and oxygen atoms in total. The summed E-state index contributed by atoms with van der Waals surface area (Å²) in [6.45, 7) is 2.51. The first-order valence-electron chi connectivity index (χ1n) is 18.0. The van der Waals surface area contributed by atoms with Crippen LogP contribution in [0.1, 0.15) is 44.9 Å². The third kappa shape index (κ3) is 15.8. The van der Waals surface area contributed by atoms with E-state index in [1.165, 1.54) is 36.8 Å². The molecule has 7 amide bonds. The second kappa shape index (κ2) is 23.2. The lowest BCUT2D eigenvalue weighted by Gasteiger charge is -2.27. The van der Waals surface area contributed by atoms with Crippen LogP contribution in [0, 0.1) is 5.92 Å². The van der Waals surface area contributed by atoms with Crippen LogP contribution in [-0.2, 0) is 51.2 Å². The van der Waals surface area contributed by atoms with E-state index < -0.39 is 115 Å². The average molecular weight is 821 g/mol. The summed E-state index contributed by atoms with van der Waals surface area (Å²) in [5, 5.41) is 62.1. The van der Waals surface area contributed by atoms with Gasteiger partial charge in [0.15, 0.2) is 6.04 Å². The number of H-pyrrole nitrogens is 1. The molecule has 0 radical (unpaired) electrons. The number of hydrogen-bond donors (Lipinski definition) is 14. The number of hydrogen-bond acceptors (Lipinski definition) is 14. The van der Waals surface area contributed by atoms with E-state index in [0.717, 1.165) is 6.92 Å². The summed E-state index contributed by atoms with van der Waals surface area (Å²) in [5.74, 6) is -9.17. The van der Waals surface area contributed by atoms with E-state index in [1.807, 2.05) is 0 Å². The van der Waals surface area contributed by atoms with Gasteiger partial charge in [-0.15, -0.1) is 0 Å². The molecule has 0 saturated carbocycles. The molecule has 0 unspecified atom stereocenters. The van der Waals surface area contributed by atoms with Gasteiger partial charge in [0.25, 0.3) is 0 Å². The number of aliphatic carboxylic acids is 1. The number of amides is 7. The van der Waals surface area contributed by atoms with Crippen LogP contribution in [0.15, 0.2) is 36.8 Å². The van der Waals surface area contributed by atoms with E-state index in [4.69, 9.17) is 11.5 Å². The van der Waals surface area contributed by atoms with Crippen molar-refractivity contribution in [2.24, 2.45) is 17.4 Å². The van der Waals surface area contributed by atoms with Crippen molar-refractivity contribution >= 4 is 47.3 Å². The summed E-state index contributed by atoms with van der Waals surface area (Å²) in [7, 11) is 0. The molecule has 8 atom stereocenters. The number of carbonyl (C=O) groups excluding carboxylic acids is 7. The number of rotatable bonds is 24. The van der Waals surface area contributed by atoms with Crippen LogP contribution in [0.2, 0.25) is 0 Å². The highest BCUT2D eigenvalue weighted by molar-refractivity contribution is 5.98. The maximum atomic E-state index is 13.6. The van der Waals surface area contributed by atoms with Crippen molar-refractivity contribution in [2.45, 2.75) is 94.9 Å². The van der Waals surface area contributed by atoms with Gasteiger partial charge in [-0.05, 0) is 43.4 Å². The zero-order valence-electron chi connectivity index (χ0n) is 32.0. The number of aliphatic hydroxyl groups excluding tert-OH is 3. The van der Waals surface area contributed by atoms with Crippen LogP contribution in [0.5, 0.6) is 5.75 Å². The Hall–Kier alpha value is -6.17. The van der Waals surface area contributed by atoms with Crippen LogP contribution in [0.3, 0.4) is 0 Å². The summed E-state index contributed by atoms with van der Waals surface area (Å²) in [5.41, 5.74) is 12.2. The molecule has 2 aromatic rings. The molecule has 1 aromatic heterocycles. The first-order chi connectivity index (χ1) is 27.2. The molecule has 16 N–H and O–H groups in total. The van der Waals surface area contributed by atoms with Gasteiger partial charge in [-0.25, -0.2) is 9.78 Å². The van der Waals surface area contributed by atoms with Gasteiger partial charge in [0.1, 0.15) is 36.0 Å². The Morgan fingerprint density at radius 1 is 0.707 bits per heavy atom. The number of aromatic amines is 1. The first kappa shape index (κ1) is 48.0. The maximum Gasteiger partial charge on any atom is 0.328 e. The summed E-state index contributed by atoms with van der Waals surface area (Å²) < 4.78 is 0. The molecule has 58 heavy (non-hydrogen) atoms. The molecule has 0 saturated heterocycles. The minimum atomic E-state index is -1.81. The number of nitrogens with one attached hydrogen (secondary N) is 7. The average Bonchev–Trinajstić information content (AvgIpc) is 3.67. The number of aromatic hydroxyl groups is 1. The summed E-state index contributed by atoms with van der Waals surface area (Å²) in [6, 6.07) is -5.24. The second-order valence-corrected chi connectivity index (χ2v) is 13.8. The maximum absolute atomic E-state index is 13.6. The first-order valence-corrected chi connectivity index (χ1v) is 18.0. The fraction of sp³-hybridized carbons (Fsp3) is 0.514. The molecule has 0 aliphatic heterocycles. The molecule has 0 bridgehead atoms. The minimum Gasteiger partial charge on any atom is -0.508 e. The van der Waals surface area contributed by atoms with Gasteiger partial charge in [0.05, 0.1) is 38.1 Å². The van der Waals surface area contributed by atoms with Crippen molar-refractivity contribution in [1.82, 2.24) is 41.9 Å². The number of nitrogens with zero attached hydrogens (tertiary/aromatic N) is 1. The largest absolute Gasteiger partial charge is 0.508 e. The lowest BCUT2D eigenvalue weighted by Crippen LogP contribution is -2.61. The summed E-state index contributed by atoms with van der Waals surface area (Å²) in [6.07, 6.45) is 0.0151. The predicted molar refractivity (Wildman–Crippen MR) is 200 cm³/mol. The molecule has 1 aromatic carbocycles. The standard InChI is InChI=1S/C35H52N10O13/c1-16(2)8-22(30(52)41-23(10-19-12-38-15-39-19)32(54)45-28(17(3)48)35(57)58)40-31(53)24(11-27(37)50)42-33(55)26(14-47)44-34(56)25(13-46)43-29(51)21(36)9-18-4-6-20(49)7-5-18/h4-7,12,15-17,21-26,28,46-49H,8-11,13-14,36H2,1-3H3,(H2,37,50)(H,38,39)(H,40,53)(H,41,52)(H,42,55)(H,43,51)(H,44,56)(H,45,54)(H,57,58)/t17-,21+,22+,23+,24+,25+,26+,28+/m1/s1. The van der Waals surface area contributed by atoms with Crippen LogP contribution in [0.4, 0.5) is 0 Å². The van der Waals surface area contributed by atoms with E-state index >= 15 is 0 Å². The van der Waals surface area contributed by atoms with Crippen molar-refractivity contribution in [1.29, 1.82) is 0 Å². The van der Waals surface area contributed by atoms with Crippen molar-refractivity contribution in [3.8, 4) is 5.75 Å². The molecule has 0 aliphatic rings. The Morgan fingerprint density at radius 3 is 1.67 bits per heavy atom. The second-order valence-electron chi connectivity index (χ2n) is 13.8. The predicted octanol–water partition coefficient (Wildman–Crippen LogP) is -5.49. The number of nitrogens with two attached hydrogens (primary N) is 2. The Labute approximate surface area is 332 Å². The monoisotopic (exact) mass is 820 g/mol. The number of phenolic OH excluding ortho intramolecular Hbond substituents is 1. The Bertz CT molecular complexity index is 1720. The number of imidazole rings is 1. The normalized spacial score (nSPS) is 15.2. The number of aliphatic hydroxyl groups is 3. The molecule has 0 fully saturated rings. The molecule has 23 heteroatoms. The van der Waals surface area contributed by atoms with E-state index in [1.54, 1.807) is 13.8 Å². The van der Waals surface area contributed by atoms with Crippen molar-refractivity contribution in [3.63, 3.8) is 0 Å². The van der Waals surface area contributed by atoms with Crippen molar-refractivity contribution < 1.29 is 63.9 Å². The van der Waals surface area contributed by atoms with Crippen LogP contribution in [-0.4, -0.2) is 144 Å². The van der Waals surface area contributed by atoms with Gasteiger partial charge in [-0.2, -0.15) is 0 Å². The van der Waals surface area contributed by atoms with E-state index in [0.29, 0.717) is 11.3 Å². The highest BCUT2D eigenvalue weighted by Crippen LogP contribution is 2.12. The number of carbonyl (C=O) groups is 8. The van der Waals surface area contributed by atoms with Crippen LogP contribution >= 0.6 is 0 Å². The molecule has 320 valence electrons. The van der Waals surface area contributed by atoms with E-state index in [-0.39, 0.29) is 30.9 Å². The quantitative estimate of drug-likeness (QED) is 0.0470. The summed E-state index contributed by atoms with van der Waals surface area (Å²) in [4.78, 5) is 109. The lowest BCUT2D eigenvalue weighted by atomic mass is 10.0. The van der Waals surface area contributed by atoms with Crippen molar-refractivity contribution in [3.05, 3.63) is 48.0 Å². The third-order valence-corrected chi connectivity index (χ3v) is 8.40. The van der Waals surface area contributed by atoms with Gasteiger partial charge in [-0.1, -0.05) is 26.0 Å². The van der Waals surface area contributed by atoms with Gasteiger partial charge < -0.3 is 73.9 Å². The number of phenols is 1. The van der Waals surface area contributed by atoms with E-state index in [2.05, 4.69) is 41.9 Å². The summed E-state index contributed by atoms with van der Waals surface area (Å²) >= 11 is 0.